The van der Waals surface area contributed by atoms with Crippen LogP contribution in [0.3, 0.4) is 0 Å². The molecule has 0 fully saturated rings. The molecular formula is C18H20N2O. The minimum absolute atomic E-state index is 0.0288. The number of hydrogen-bond donors (Lipinski definition) is 1. The van der Waals surface area contributed by atoms with E-state index < -0.39 is 0 Å². The molecule has 1 aromatic heterocycles. The molecule has 3 nitrogen and oxygen atoms in total. The first-order valence-electron chi connectivity index (χ1n) is 7.19. The second-order valence-electron chi connectivity index (χ2n) is 6.33. The van der Waals surface area contributed by atoms with Gasteiger partial charge in [0.05, 0.1) is 23.5 Å². The first-order valence-corrected chi connectivity index (χ1v) is 7.19. The molecular weight excluding hydrogens is 260 g/mol. The summed E-state index contributed by atoms with van der Waals surface area (Å²) in [4.78, 5) is 0. The quantitative estimate of drug-likeness (QED) is 0.775. The molecule has 0 saturated carbocycles. The van der Waals surface area contributed by atoms with Gasteiger partial charge in [0, 0.05) is 5.39 Å². The number of para-hydroxylation sites is 1. The molecule has 0 amide bonds. The van der Waals surface area contributed by atoms with Crippen LogP contribution in [-0.4, -0.2) is 14.9 Å². The van der Waals surface area contributed by atoms with Crippen LogP contribution in [0.25, 0.3) is 16.6 Å². The zero-order chi connectivity index (χ0) is 15.0. The van der Waals surface area contributed by atoms with Gasteiger partial charge in [0.1, 0.15) is 0 Å². The summed E-state index contributed by atoms with van der Waals surface area (Å²) >= 11 is 0. The van der Waals surface area contributed by atoms with Gasteiger partial charge in [-0.25, -0.2) is 4.68 Å². The largest absolute Gasteiger partial charge is 0.390 e. The number of hydrogen-bond acceptors (Lipinski definition) is 2. The highest BCUT2D eigenvalue weighted by atomic mass is 16.3. The van der Waals surface area contributed by atoms with E-state index in [-0.39, 0.29) is 12.0 Å². The van der Waals surface area contributed by atoms with Crippen molar-refractivity contribution >= 4 is 10.9 Å². The van der Waals surface area contributed by atoms with Crippen LogP contribution in [0.5, 0.6) is 0 Å². The van der Waals surface area contributed by atoms with E-state index in [4.69, 9.17) is 0 Å². The lowest BCUT2D eigenvalue weighted by Crippen LogP contribution is -2.10. The molecule has 0 unspecified atom stereocenters. The molecule has 21 heavy (non-hydrogen) atoms. The molecule has 108 valence electrons. The standard InChI is InChI=1S/C18H20N2O/c1-18(2,3)13-9-10-16-15(11-13)17(12-21)20(19-16)14-7-5-4-6-8-14/h4-11,21H,12H2,1-3H3. The second kappa shape index (κ2) is 5.01. The molecule has 0 radical (unpaired) electrons. The number of fused-ring (bicyclic) bond motifs is 1. The highest BCUT2D eigenvalue weighted by molar-refractivity contribution is 5.83. The highest BCUT2D eigenvalue weighted by Crippen LogP contribution is 2.28. The second-order valence-corrected chi connectivity index (χ2v) is 6.33. The molecule has 3 rings (SSSR count). The van der Waals surface area contributed by atoms with Gasteiger partial charge < -0.3 is 5.11 Å². The fourth-order valence-electron chi connectivity index (χ4n) is 2.54. The molecule has 0 atom stereocenters. The van der Waals surface area contributed by atoms with E-state index in [9.17, 15) is 5.11 Å². The molecule has 0 aliphatic rings. The smallest absolute Gasteiger partial charge is 0.0931 e. The predicted molar refractivity (Wildman–Crippen MR) is 85.7 cm³/mol. The SMILES string of the molecule is CC(C)(C)c1ccc2nn(-c3ccccc3)c(CO)c2c1. The number of aliphatic hydroxyl groups is 1. The minimum atomic E-state index is -0.0288. The number of benzene rings is 2. The summed E-state index contributed by atoms with van der Waals surface area (Å²) in [5, 5.41) is 15.5. The topological polar surface area (TPSA) is 38.0 Å². The van der Waals surface area contributed by atoms with E-state index in [0.717, 1.165) is 22.3 Å². The Morgan fingerprint density at radius 3 is 2.38 bits per heavy atom. The summed E-state index contributed by atoms with van der Waals surface area (Å²) in [6.45, 7) is 6.54. The maximum atomic E-state index is 9.80. The summed E-state index contributed by atoms with van der Waals surface area (Å²) < 4.78 is 1.83. The Morgan fingerprint density at radius 1 is 1.05 bits per heavy atom. The lowest BCUT2D eigenvalue weighted by Gasteiger charge is -2.18. The molecule has 0 aliphatic carbocycles. The van der Waals surface area contributed by atoms with Crippen LogP contribution in [-0.2, 0) is 12.0 Å². The van der Waals surface area contributed by atoms with Gasteiger partial charge in [0.25, 0.3) is 0 Å². The van der Waals surface area contributed by atoms with Crippen molar-refractivity contribution in [3.8, 4) is 5.69 Å². The van der Waals surface area contributed by atoms with Gasteiger partial charge in [0.15, 0.2) is 0 Å². The van der Waals surface area contributed by atoms with E-state index >= 15 is 0 Å². The highest BCUT2D eigenvalue weighted by Gasteiger charge is 2.17. The predicted octanol–water partition coefficient (Wildman–Crippen LogP) is 3.82. The van der Waals surface area contributed by atoms with Crippen molar-refractivity contribution in [3.05, 3.63) is 59.8 Å². The van der Waals surface area contributed by atoms with Gasteiger partial charge in [-0.15, -0.1) is 0 Å². The van der Waals surface area contributed by atoms with Crippen molar-refractivity contribution in [2.45, 2.75) is 32.8 Å². The third kappa shape index (κ3) is 2.45. The summed E-state index contributed by atoms with van der Waals surface area (Å²) in [5.41, 5.74) is 4.04. The van der Waals surface area contributed by atoms with Gasteiger partial charge >= 0.3 is 0 Å². The molecule has 0 saturated heterocycles. The maximum Gasteiger partial charge on any atom is 0.0931 e. The van der Waals surface area contributed by atoms with E-state index in [2.05, 4.69) is 38.0 Å². The van der Waals surface area contributed by atoms with Crippen LogP contribution in [0.2, 0.25) is 0 Å². The van der Waals surface area contributed by atoms with Gasteiger partial charge in [0.2, 0.25) is 0 Å². The van der Waals surface area contributed by atoms with Gasteiger partial charge in [-0.1, -0.05) is 45.0 Å². The number of aliphatic hydroxyl groups excluding tert-OH is 1. The Morgan fingerprint density at radius 2 is 1.76 bits per heavy atom. The summed E-state index contributed by atoms with van der Waals surface area (Å²) in [6, 6.07) is 16.2. The zero-order valence-electron chi connectivity index (χ0n) is 12.7. The zero-order valence-corrected chi connectivity index (χ0v) is 12.7. The lowest BCUT2D eigenvalue weighted by atomic mass is 9.86. The molecule has 1 N–H and O–H groups in total. The fraction of sp³-hybridized carbons (Fsp3) is 0.278. The summed E-state index contributed by atoms with van der Waals surface area (Å²) in [7, 11) is 0. The van der Waals surface area contributed by atoms with E-state index in [0.29, 0.717) is 0 Å². The lowest BCUT2D eigenvalue weighted by molar-refractivity contribution is 0.274. The van der Waals surface area contributed by atoms with E-state index in [1.807, 2.05) is 41.1 Å². The molecule has 2 aromatic carbocycles. The monoisotopic (exact) mass is 280 g/mol. The molecule has 3 heteroatoms. The average Bonchev–Trinajstić information content (AvgIpc) is 2.84. The maximum absolute atomic E-state index is 9.80. The fourth-order valence-corrected chi connectivity index (χ4v) is 2.54. The number of aromatic nitrogens is 2. The first kappa shape index (κ1) is 13.8. The number of rotatable bonds is 2. The Balaban J connectivity index is 2.24. The Hall–Kier alpha value is -2.13. The summed E-state index contributed by atoms with van der Waals surface area (Å²) in [6.07, 6.45) is 0. The molecule has 0 aliphatic heterocycles. The number of nitrogens with zero attached hydrogens (tertiary/aromatic N) is 2. The average molecular weight is 280 g/mol. The third-order valence-electron chi connectivity index (χ3n) is 3.79. The van der Waals surface area contributed by atoms with Gasteiger partial charge in [-0.2, -0.15) is 5.10 Å². The van der Waals surface area contributed by atoms with Crippen LogP contribution in [0.4, 0.5) is 0 Å². The van der Waals surface area contributed by atoms with Crippen LogP contribution in [0, 0.1) is 0 Å². The van der Waals surface area contributed by atoms with Crippen LogP contribution >= 0.6 is 0 Å². The van der Waals surface area contributed by atoms with Gasteiger partial charge in [-0.05, 0) is 35.2 Å². The Kier molecular flexibility index (Phi) is 3.30. The van der Waals surface area contributed by atoms with Crippen molar-refractivity contribution in [1.29, 1.82) is 0 Å². The molecule has 1 heterocycles. The van der Waals surface area contributed by atoms with Crippen molar-refractivity contribution in [2.24, 2.45) is 0 Å². The normalized spacial score (nSPS) is 12.0. The molecule has 3 aromatic rings. The Bertz CT molecular complexity index is 767. The van der Waals surface area contributed by atoms with Crippen LogP contribution in [0.15, 0.2) is 48.5 Å². The first-order chi connectivity index (χ1) is 10.0. The van der Waals surface area contributed by atoms with Crippen molar-refractivity contribution < 1.29 is 5.11 Å². The third-order valence-corrected chi connectivity index (χ3v) is 3.79. The van der Waals surface area contributed by atoms with Crippen molar-refractivity contribution in [3.63, 3.8) is 0 Å². The molecule has 0 bridgehead atoms. The van der Waals surface area contributed by atoms with Crippen LogP contribution in [0.1, 0.15) is 32.0 Å². The molecule has 0 spiro atoms. The minimum Gasteiger partial charge on any atom is -0.390 e. The van der Waals surface area contributed by atoms with E-state index in [1.54, 1.807) is 0 Å². The van der Waals surface area contributed by atoms with Crippen molar-refractivity contribution in [2.75, 3.05) is 0 Å². The van der Waals surface area contributed by atoms with Crippen molar-refractivity contribution in [1.82, 2.24) is 9.78 Å². The van der Waals surface area contributed by atoms with Crippen LogP contribution < -0.4 is 0 Å². The van der Waals surface area contributed by atoms with E-state index in [1.165, 1.54) is 5.56 Å². The van der Waals surface area contributed by atoms with Gasteiger partial charge in [-0.3, -0.25) is 0 Å². The Labute approximate surface area is 124 Å². The summed E-state index contributed by atoms with van der Waals surface area (Å²) in [5.74, 6) is 0.